The molecular formula is C38H35F5N4O6. The van der Waals surface area contributed by atoms with E-state index in [-0.39, 0.29) is 66.7 Å². The molecule has 0 bridgehead atoms. The summed E-state index contributed by atoms with van der Waals surface area (Å²) < 4.78 is 78.1. The van der Waals surface area contributed by atoms with Crippen molar-refractivity contribution in [3.8, 4) is 11.5 Å². The third kappa shape index (κ3) is 9.28. The van der Waals surface area contributed by atoms with Crippen LogP contribution in [0.25, 0.3) is 0 Å². The lowest BCUT2D eigenvalue weighted by Gasteiger charge is -2.17. The first kappa shape index (κ1) is 38.2. The molecule has 2 aliphatic rings. The van der Waals surface area contributed by atoms with E-state index in [1.54, 1.807) is 60.5 Å². The highest BCUT2D eigenvalue weighted by Gasteiger charge is 2.35. The quantitative estimate of drug-likeness (QED) is 0.210. The highest BCUT2D eigenvalue weighted by Crippen LogP contribution is 2.29. The molecule has 2 saturated heterocycles. The van der Waals surface area contributed by atoms with Gasteiger partial charge in [0, 0.05) is 63.5 Å². The van der Waals surface area contributed by atoms with Crippen LogP contribution in [-0.2, 0) is 32.4 Å². The summed E-state index contributed by atoms with van der Waals surface area (Å²) in [6.45, 7) is -0.0399. The Morgan fingerprint density at radius 3 is 1.38 bits per heavy atom. The van der Waals surface area contributed by atoms with Gasteiger partial charge in [0.2, 0.25) is 23.6 Å². The van der Waals surface area contributed by atoms with Gasteiger partial charge < -0.3 is 29.9 Å². The second-order valence-electron chi connectivity index (χ2n) is 12.2. The first-order chi connectivity index (χ1) is 25.4. The molecule has 0 saturated carbocycles. The first-order valence-electron chi connectivity index (χ1n) is 16.4. The van der Waals surface area contributed by atoms with Crippen LogP contribution < -0.4 is 29.9 Å². The standard InChI is InChI=1S/C19H17F3N2O3.C19H18F2N2O3/c1-23-19(26)11-6-18(25)24(9-11)13-2-4-14(5-3-13)27-10-15-16(21)7-12(20)8-17(15)22;1-22-19(25)12-9-18(24)23(10-12)13-5-7-14(8-6-13)26-11-15-16(20)3-2-4-17(15)21/h2-5,7-8,11H,6,9-10H2,1H3,(H,23,26);2-8,12H,9-11H2,1H3,(H,22,25)/t11-;12-/m11/s1. The molecule has 2 heterocycles. The Labute approximate surface area is 301 Å². The van der Waals surface area contributed by atoms with Gasteiger partial charge >= 0.3 is 0 Å². The summed E-state index contributed by atoms with van der Waals surface area (Å²) >= 11 is 0. The van der Waals surface area contributed by atoms with Gasteiger partial charge in [-0.1, -0.05) is 6.07 Å². The van der Waals surface area contributed by atoms with Crippen molar-refractivity contribution >= 4 is 35.0 Å². The van der Waals surface area contributed by atoms with Gasteiger partial charge in [0.05, 0.1) is 23.0 Å². The van der Waals surface area contributed by atoms with Crippen molar-refractivity contribution < 1.29 is 50.6 Å². The third-order valence-corrected chi connectivity index (χ3v) is 8.72. The van der Waals surface area contributed by atoms with Gasteiger partial charge in [-0.25, -0.2) is 22.0 Å². The lowest BCUT2D eigenvalue weighted by Crippen LogP contribution is -2.30. The van der Waals surface area contributed by atoms with Crippen LogP contribution >= 0.6 is 0 Å². The maximum Gasteiger partial charge on any atom is 0.227 e. The van der Waals surface area contributed by atoms with Crippen LogP contribution in [0.15, 0.2) is 78.9 Å². The minimum Gasteiger partial charge on any atom is -0.489 e. The molecule has 0 unspecified atom stereocenters. The molecule has 0 spiro atoms. The molecule has 4 amide bonds. The van der Waals surface area contributed by atoms with Crippen LogP contribution in [0.4, 0.5) is 33.3 Å². The largest absolute Gasteiger partial charge is 0.489 e. The number of nitrogens with one attached hydrogen (secondary N) is 2. The Morgan fingerprint density at radius 2 is 1.00 bits per heavy atom. The molecule has 53 heavy (non-hydrogen) atoms. The minimum atomic E-state index is -1.02. The van der Waals surface area contributed by atoms with Gasteiger partial charge in [-0.3, -0.25) is 19.2 Å². The number of benzene rings is 4. The molecule has 0 radical (unpaired) electrons. The van der Waals surface area contributed by atoms with Crippen molar-refractivity contribution in [3.05, 3.63) is 119 Å². The van der Waals surface area contributed by atoms with Crippen LogP contribution in [0.1, 0.15) is 24.0 Å². The molecule has 278 valence electrons. The SMILES string of the molecule is CNC(=O)[C@@H]1CC(=O)N(c2ccc(OCc3c(F)cc(F)cc3F)cc2)C1.CNC(=O)[C@@H]1CC(=O)N(c2ccc(OCc3c(F)cccc3F)cc2)C1. The van der Waals surface area contributed by atoms with Crippen LogP contribution in [0.2, 0.25) is 0 Å². The lowest BCUT2D eigenvalue weighted by atomic mass is 10.1. The zero-order valence-electron chi connectivity index (χ0n) is 28.6. The average Bonchev–Trinajstić information content (AvgIpc) is 3.73. The molecule has 2 fully saturated rings. The summed E-state index contributed by atoms with van der Waals surface area (Å²) in [6, 6.07) is 17.8. The van der Waals surface area contributed by atoms with Crippen molar-refractivity contribution in [1.82, 2.24) is 10.6 Å². The van der Waals surface area contributed by atoms with Crippen LogP contribution in [-0.4, -0.2) is 50.8 Å². The normalized spacial score (nSPS) is 16.6. The number of ether oxygens (including phenoxy) is 2. The molecule has 10 nitrogen and oxygen atoms in total. The first-order valence-corrected chi connectivity index (χ1v) is 16.4. The summed E-state index contributed by atoms with van der Waals surface area (Å²) in [5, 5.41) is 5.08. The molecule has 2 atom stereocenters. The minimum absolute atomic E-state index is 0.124. The van der Waals surface area contributed by atoms with E-state index in [1.807, 2.05) is 0 Å². The summed E-state index contributed by atoms with van der Waals surface area (Å²) in [5.41, 5.74) is 0.729. The number of carbonyl (C=O) groups excluding carboxylic acids is 4. The van der Waals surface area contributed by atoms with Crippen LogP contribution in [0.5, 0.6) is 11.5 Å². The maximum atomic E-state index is 13.6. The fourth-order valence-electron chi connectivity index (χ4n) is 5.81. The van der Waals surface area contributed by atoms with Gasteiger partial charge in [-0.15, -0.1) is 0 Å². The van der Waals surface area contributed by atoms with E-state index in [1.165, 1.54) is 30.1 Å². The lowest BCUT2D eigenvalue weighted by molar-refractivity contribution is -0.126. The highest BCUT2D eigenvalue weighted by molar-refractivity contribution is 6.01. The van der Waals surface area contributed by atoms with Gasteiger partial charge in [0.25, 0.3) is 0 Å². The summed E-state index contributed by atoms with van der Waals surface area (Å²) in [6.07, 6.45) is 0.311. The molecule has 4 aromatic carbocycles. The van der Waals surface area contributed by atoms with Crippen LogP contribution in [0, 0.1) is 40.9 Å². The molecular weight excluding hydrogens is 703 g/mol. The Bertz CT molecular complexity index is 1940. The number of hydrogen-bond donors (Lipinski definition) is 2. The fraction of sp³-hybridized carbons (Fsp3) is 0.263. The van der Waals surface area contributed by atoms with Crippen LogP contribution in [0.3, 0.4) is 0 Å². The Morgan fingerprint density at radius 1 is 0.623 bits per heavy atom. The van der Waals surface area contributed by atoms with Crippen molar-refractivity contribution in [2.24, 2.45) is 11.8 Å². The van der Waals surface area contributed by atoms with E-state index < -0.39 is 41.6 Å². The molecule has 0 aromatic heterocycles. The molecule has 2 N–H and O–H groups in total. The summed E-state index contributed by atoms with van der Waals surface area (Å²) in [7, 11) is 3.06. The van der Waals surface area contributed by atoms with Gasteiger partial charge in [0.15, 0.2) is 0 Å². The average molecular weight is 739 g/mol. The molecule has 0 aliphatic carbocycles. The predicted octanol–water partition coefficient (Wildman–Crippen LogP) is 5.42. The third-order valence-electron chi connectivity index (χ3n) is 8.72. The van der Waals surface area contributed by atoms with E-state index in [0.717, 1.165) is 0 Å². The maximum absolute atomic E-state index is 13.6. The monoisotopic (exact) mass is 738 g/mol. The number of carbonyl (C=O) groups is 4. The van der Waals surface area contributed by atoms with E-state index in [0.29, 0.717) is 41.6 Å². The number of nitrogens with zero attached hydrogens (tertiary/aromatic N) is 2. The van der Waals surface area contributed by atoms with Crippen molar-refractivity contribution in [1.29, 1.82) is 0 Å². The van der Waals surface area contributed by atoms with Gasteiger partial charge in [-0.05, 0) is 60.7 Å². The predicted molar refractivity (Wildman–Crippen MR) is 183 cm³/mol. The molecule has 6 rings (SSSR count). The molecule has 15 heteroatoms. The number of anilines is 2. The Balaban J connectivity index is 0.000000204. The number of halogens is 5. The summed E-state index contributed by atoms with van der Waals surface area (Å²) in [5.74, 6) is -5.01. The summed E-state index contributed by atoms with van der Waals surface area (Å²) in [4.78, 5) is 50.6. The molecule has 2 aliphatic heterocycles. The van der Waals surface area contributed by atoms with E-state index in [9.17, 15) is 41.1 Å². The van der Waals surface area contributed by atoms with Gasteiger partial charge in [0.1, 0.15) is 53.8 Å². The molecule has 4 aromatic rings. The topological polar surface area (TPSA) is 117 Å². The zero-order valence-corrected chi connectivity index (χ0v) is 28.6. The Kier molecular flexibility index (Phi) is 12.3. The second kappa shape index (κ2) is 17.0. The van der Waals surface area contributed by atoms with Crippen molar-refractivity contribution in [3.63, 3.8) is 0 Å². The van der Waals surface area contributed by atoms with Gasteiger partial charge in [-0.2, -0.15) is 0 Å². The smallest absolute Gasteiger partial charge is 0.227 e. The second-order valence-corrected chi connectivity index (χ2v) is 12.2. The van der Waals surface area contributed by atoms with E-state index in [4.69, 9.17) is 9.47 Å². The van der Waals surface area contributed by atoms with E-state index in [2.05, 4.69) is 10.6 Å². The highest BCUT2D eigenvalue weighted by atomic mass is 19.2. The fourth-order valence-corrected chi connectivity index (χ4v) is 5.81. The number of amides is 4. The van der Waals surface area contributed by atoms with E-state index >= 15 is 0 Å². The number of rotatable bonds is 10. The van der Waals surface area contributed by atoms with Crippen molar-refractivity contribution in [2.45, 2.75) is 26.1 Å². The zero-order chi connectivity index (χ0) is 38.2. The Hall–Kier alpha value is -5.99. The number of hydrogen-bond acceptors (Lipinski definition) is 6. The van der Waals surface area contributed by atoms with Crippen molar-refractivity contribution in [2.75, 3.05) is 37.0 Å².